The van der Waals surface area contributed by atoms with Crippen LogP contribution in [0.25, 0.3) is 0 Å². The number of aliphatic hydroxyl groups is 1. The Hall–Kier alpha value is -0.810. The van der Waals surface area contributed by atoms with Gasteiger partial charge in [-0.05, 0) is 6.92 Å². The van der Waals surface area contributed by atoms with E-state index in [9.17, 15) is 9.90 Å². The Balaban J connectivity index is 3.94. The van der Waals surface area contributed by atoms with Crippen LogP contribution < -0.4 is 0 Å². The molecular weight excluding hydrogens is 184 g/mol. The molecule has 0 saturated heterocycles. The van der Waals surface area contributed by atoms with Gasteiger partial charge in [-0.3, -0.25) is 0 Å². The lowest BCUT2D eigenvalue weighted by molar-refractivity contribution is 0.0461. The molecule has 0 aliphatic carbocycles. The molecule has 0 radical (unpaired) electrons. The van der Waals surface area contributed by atoms with Gasteiger partial charge < -0.3 is 19.6 Å². The Kier molecular flexibility index (Phi) is 6.23. The fourth-order valence-corrected chi connectivity index (χ4v) is 1.07. The predicted molar refractivity (Wildman–Crippen MR) is 54.2 cm³/mol. The van der Waals surface area contributed by atoms with E-state index in [0.717, 1.165) is 0 Å². The van der Waals surface area contributed by atoms with Crippen LogP contribution in [0.5, 0.6) is 0 Å². The van der Waals surface area contributed by atoms with Crippen molar-refractivity contribution < 1.29 is 14.6 Å². The second kappa shape index (κ2) is 6.62. The predicted octanol–water partition coefficient (Wildman–Crippen LogP) is -0.00280. The Morgan fingerprint density at radius 1 is 1.43 bits per heavy atom. The highest BCUT2D eigenvalue weighted by Gasteiger charge is 2.15. The summed E-state index contributed by atoms with van der Waals surface area (Å²) in [5.41, 5.74) is 0. The minimum atomic E-state index is -0.626. The van der Waals surface area contributed by atoms with Gasteiger partial charge in [-0.15, -0.1) is 0 Å². The number of ether oxygens (including phenoxy) is 1. The maximum Gasteiger partial charge on any atom is 0.319 e. The molecule has 0 aliphatic heterocycles. The summed E-state index contributed by atoms with van der Waals surface area (Å²) >= 11 is 0. The van der Waals surface area contributed by atoms with Crippen molar-refractivity contribution in [1.82, 2.24) is 9.80 Å². The van der Waals surface area contributed by atoms with Gasteiger partial charge in [0.2, 0.25) is 0 Å². The molecule has 0 aromatic heterocycles. The molecule has 1 atom stereocenters. The van der Waals surface area contributed by atoms with Gasteiger partial charge in [0, 0.05) is 27.7 Å². The smallest absolute Gasteiger partial charge is 0.319 e. The Labute approximate surface area is 85.2 Å². The number of nitrogens with zero attached hydrogens (tertiary/aromatic N) is 2. The molecule has 2 amide bonds. The van der Waals surface area contributed by atoms with E-state index in [-0.39, 0.29) is 19.2 Å². The van der Waals surface area contributed by atoms with E-state index in [4.69, 9.17) is 4.74 Å². The number of amides is 2. The zero-order valence-electron chi connectivity index (χ0n) is 9.36. The molecule has 0 spiro atoms. The second-order valence-electron chi connectivity index (χ2n) is 3.29. The zero-order valence-corrected chi connectivity index (χ0v) is 9.36. The Morgan fingerprint density at radius 3 is 2.43 bits per heavy atom. The summed E-state index contributed by atoms with van der Waals surface area (Å²) in [5, 5.41) is 9.39. The van der Waals surface area contributed by atoms with Crippen LogP contribution >= 0.6 is 0 Å². The Morgan fingerprint density at radius 2 is 2.00 bits per heavy atom. The van der Waals surface area contributed by atoms with Gasteiger partial charge in [-0.2, -0.15) is 0 Å². The van der Waals surface area contributed by atoms with Crippen LogP contribution in [-0.2, 0) is 4.74 Å². The summed E-state index contributed by atoms with van der Waals surface area (Å²) in [5.74, 6) is 0. The van der Waals surface area contributed by atoms with Gasteiger partial charge in [0.05, 0.1) is 19.3 Å². The van der Waals surface area contributed by atoms with Crippen molar-refractivity contribution in [3.63, 3.8) is 0 Å². The van der Waals surface area contributed by atoms with Crippen molar-refractivity contribution in [2.24, 2.45) is 0 Å². The Bertz CT molecular complexity index is 175. The van der Waals surface area contributed by atoms with Crippen molar-refractivity contribution in [3.05, 3.63) is 0 Å². The quantitative estimate of drug-likeness (QED) is 0.685. The number of aliphatic hydroxyl groups excluding tert-OH is 1. The molecule has 0 rings (SSSR count). The molecule has 1 unspecified atom stereocenters. The minimum Gasteiger partial charge on any atom is -0.389 e. The molecule has 0 aliphatic rings. The van der Waals surface area contributed by atoms with Crippen LogP contribution in [-0.4, -0.2) is 67.9 Å². The maximum absolute atomic E-state index is 11.5. The van der Waals surface area contributed by atoms with Crippen LogP contribution in [0.1, 0.15) is 6.92 Å². The molecule has 0 bridgehead atoms. The number of likely N-dealkylation sites (N-methyl/N-ethyl adjacent to an activating group) is 1. The van der Waals surface area contributed by atoms with Crippen LogP contribution in [0, 0.1) is 0 Å². The fraction of sp³-hybridized carbons (Fsp3) is 0.889. The number of hydrogen-bond acceptors (Lipinski definition) is 3. The molecule has 0 fully saturated rings. The maximum atomic E-state index is 11.5. The lowest BCUT2D eigenvalue weighted by Crippen LogP contribution is -2.43. The third-order valence-corrected chi connectivity index (χ3v) is 1.97. The molecule has 0 aromatic rings. The number of carbonyl (C=O) groups is 1. The van der Waals surface area contributed by atoms with Gasteiger partial charge in [0.15, 0.2) is 0 Å². The van der Waals surface area contributed by atoms with Gasteiger partial charge in [0.25, 0.3) is 0 Å². The molecule has 5 heteroatoms. The minimum absolute atomic E-state index is 0.0948. The lowest BCUT2D eigenvalue weighted by Gasteiger charge is -2.25. The van der Waals surface area contributed by atoms with E-state index in [1.54, 1.807) is 19.0 Å². The van der Waals surface area contributed by atoms with Crippen molar-refractivity contribution in [2.45, 2.75) is 13.0 Å². The van der Waals surface area contributed by atoms with Crippen molar-refractivity contribution in [1.29, 1.82) is 0 Å². The molecule has 0 heterocycles. The third kappa shape index (κ3) is 4.43. The summed E-state index contributed by atoms with van der Waals surface area (Å²) in [6.07, 6.45) is -0.626. The summed E-state index contributed by atoms with van der Waals surface area (Å²) in [7, 11) is 4.90. The molecule has 5 nitrogen and oxygen atoms in total. The van der Waals surface area contributed by atoms with E-state index >= 15 is 0 Å². The third-order valence-electron chi connectivity index (χ3n) is 1.97. The number of rotatable bonds is 5. The molecule has 0 saturated carbocycles. The first-order chi connectivity index (χ1) is 6.52. The summed E-state index contributed by atoms with van der Waals surface area (Å²) in [4.78, 5) is 14.6. The van der Waals surface area contributed by atoms with Gasteiger partial charge in [0.1, 0.15) is 0 Å². The fourth-order valence-electron chi connectivity index (χ4n) is 1.07. The standard InChI is InChI=1S/C9H20N2O3/c1-5-10(2)9(13)11(3)6-8(12)7-14-4/h8,12H,5-7H2,1-4H3. The summed E-state index contributed by atoms with van der Waals surface area (Å²) < 4.78 is 4.77. The monoisotopic (exact) mass is 204 g/mol. The average molecular weight is 204 g/mol. The van der Waals surface area contributed by atoms with Crippen LogP contribution in [0.3, 0.4) is 0 Å². The topological polar surface area (TPSA) is 53.0 Å². The second-order valence-corrected chi connectivity index (χ2v) is 3.29. The van der Waals surface area contributed by atoms with Crippen LogP contribution in [0.4, 0.5) is 4.79 Å². The van der Waals surface area contributed by atoms with Crippen LogP contribution in [0.2, 0.25) is 0 Å². The van der Waals surface area contributed by atoms with Crippen molar-refractivity contribution >= 4 is 6.03 Å². The average Bonchev–Trinajstić information content (AvgIpc) is 2.15. The highest BCUT2D eigenvalue weighted by atomic mass is 16.5. The molecule has 1 N–H and O–H groups in total. The first-order valence-corrected chi connectivity index (χ1v) is 4.66. The highest BCUT2D eigenvalue weighted by molar-refractivity contribution is 5.73. The highest BCUT2D eigenvalue weighted by Crippen LogP contribution is 1.96. The first-order valence-electron chi connectivity index (χ1n) is 4.66. The van der Waals surface area contributed by atoms with E-state index in [0.29, 0.717) is 6.54 Å². The summed E-state index contributed by atoms with van der Waals surface area (Å²) in [6, 6.07) is -0.0948. The van der Waals surface area contributed by atoms with Gasteiger partial charge in [-0.1, -0.05) is 0 Å². The molecule has 84 valence electrons. The zero-order chi connectivity index (χ0) is 11.1. The van der Waals surface area contributed by atoms with E-state index < -0.39 is 6.10 Å². The SMILES string of the molecule is CCN(C)C(=O)N(C)CC(O)COC. The number of carbonyl (C=O) groups excluding carboxylic acids is 1. The van der Waals surface area contributed by atoms with E-state index in [2.05, 4.69) is 0 Å². The van der Waals surface area contributed by atoms with E-state index in [1.807, 2.05) is 6.92 Å². The van der Waals surface area contributed by atoms with Gasteiger partial charge >= 0.3 is 6.03 Å². The van der Waals surface area contributed by atoms with Gasteiger partial charge in [-0.25, -0.2) is 4.79 Å². The lowest BCUT2D eigenvalue weighted by atomic mass is 10.3. The van der Waals surface area contributed by atoms with Crippen molar-refractivity contribution in [3.8, 4) is 0 Å². The van der Waals surface area contributed by atoms with Crippen molar-refractivity contribution in [2.75, 3.05) is 40.9 Å². The van der Waals surface area contributed by atoms with E-state index in [1.165, 1.54) is 12.0 Å². The molecular formula is C9H20N2O3. The van der Waals surface area contributed by atoms with Crippen LogP contribution in [0.15, 0.2) is 0 Å². The number of methoxy groups -OCH3 is 1. The number of hydrogen-bond donors (Lipinski definition) is 1. The molecule has 14 heavy (non-hydrogen) atoms. The summed E-state index contributed by atoms with van der Waals surface area (Å²) in [6.45, 7) is 3.09. The normalized spacial score (nSPS) is 12.4. The largest absolute Gasteiger partial charge is 0.389 e. The first kappa shape index (κ1) is 13.2. The number of urea groups is 1. The molecule has 0 aromatic carbocycles.